The Labute approximate surface area is 271 Å². The summed E-state index contributed by atoms with van der Waals surface area (Å²) in [6, 6.07) is 21.7. The zero-order chi connectivity index (χ0) is 30.9. The number of nitrogens with zero attached hydrogens (tertiary/aromatic N) is 5. The molecule has 1 saturated heterocycles. The van der Waals surface area contributed by atoms with Gasteiger partial charge in [-0.15, -0.1) is 11.3 Å². The molecule has 3 aromatic heterocycles. The number of carbonyl (C=O) groups excluding carboxylic acids is 2. The molecule has 0 aliphatic carbocycles. The largest absolute Gasteiger partial charge is 0.370 e. The summed E-state index contributed by atoms with van der Waals surface area (Å²) < 4.78 is 7.24. The molecule has 13 heteroatoms. The van der Waals surface area contributed by atoms with E-state index in [0.29, 0.717) is 36.2 Å². The normalized spacial score (nSPS) is 13.3. The van der Waals surface area contributed by atoms with Gasteiger partial charge in [0.15, 0.2) is 4.96 Å². The van der Waals surface area contributed by atoms with Gasteiger partial charge < -0.3 is 20.3 Å². The first-order chi connectivity index (χ1) is 21.9. The third-order valence-electron chi connectivity index (χ3n) is 7.14. The monoisotopic (exact) mass is 655 g/mol. The van der Waals surface area contributed by atoms with Crippen LogP contribution in [0.5, 0.6) is 0 Å². The molecule has 3 aromatic carbocycles. The van der Waals surface area contributed by atoms with Crippen molar-refractivity contribution in [2.45, 2.75) is 0 Å². The molecule has 224 valence electrons. The van der Waals surface area contributed by atoms with Crippen LogP contribution in [0.1, 0.15) is 10.4 Å². The molecule has 7 rings (SSSR count). The van der Waals surface area contributed by atoms with E-state index in [1.54, 1.807) is 35.4 Å². The van der Waals surface area contributed by atoms with E-state index in [9.17, 15) is 9.59 Å². The van der Waals surface area contributed by atoms with Gasteiger partial charge in [-0.1, -0.05) is 47.5 Å². The molecule has 0 bridgehead atoms. The molecule has 1 aliphatic heterocycles. The number of nitrogens with one attached hydrogen (secondary N) is 2. The number of amides is 2. The fourth-order valence-corrected chi connectivity index (χ4v) is 6.39. The van der Waals surface area contributed by atoms with Crippen molar-refractivity contribution in [1.29, 1.82) is 0 Å². The van der Waals surface area contributed by atoms with Crippen LogP contribution in [0.2, 0.25) is 10.0 Å². The van der Waals surface area contributed by atoms with Crippen molar-refractivity contribution in [3.63, 3.8) is 0 Å². The van der Waals surface area contributed by atoms with E-state index in [-0.39, 0.29) is 28.1 Å². The summed E-state index contributed by atoms with van der Waals surface area (Å²) in [6.45, 7) is 1.05. The SMILES string of the molecule is O=C(Nc1cccc(-c2nc3sccn3c2-c2ccnc(Nc3cccc(N4CCOCC4=O)c3)n2)c1)c1c(Cl)cccc1Cl. The van der Waals surface area contributed by atoms with Crippen LogP contribution < -0.4 is 15.5 Å². The Morgan fingerprint density at radius 3 is 2.60 bits per heavy atom. The highest BCUT2D eigenvalue weighted by Gasteiger charge is 2.22. The average molecular weight is 657 g/mol. The maximum Gasteiger partial charge on any atom is 0.258 e. The van der Waals surface area contributed by atoms with Gasteiger partial charge in [-0.2, -0.15) is 0 Å². The van der Waals surface area contributed by atoms with Crippen LogP contribution >= 0.6 is 34.5 Å². The predicted molar refractivity (Wildman–Crippen MR) is 177 cm³/mol. The molecule has 0 spiro atoms. The van der Waals surface area contributed by atoms with Crippen LogP contribution in [0.25, 0.3) is 27.6 Å². The van der Waals surface area contributed by atoms with E-state index in [1.165, 1.54) is 11.3 Å². The summed E-state index contributed by atoms with van der Waals surface area (Å²) in [7, 11) is 0. The lowest BCUT2D eigenvalue weighted by molar-refractivity contribution is -0.125. The van der Waals surface area contributed by atoms with E-state index >= 15 is 0 Å². The molecule has 1 fully saturated rings. The summed E-state index contributed by atoms with van der Waals surface area (Å²) in [4.78, 5) is 42.1. The molecule has 10 nitrogen and oxygen atoms in total. The number of halogens is 2. The van der Waals surface area contributed by atoms with E-state index in [1.807, 2.05) is 64.5 Å². The van der Waals surface area contributed by atoms with Crippen molar-refractivity contribution in [2.24, 2.45) is 0 Å². The van der Waals surface area contributed by atoms with Gasteiger partial charge in [-0.3, -0.25) is 14.0 Å². The maximum atomic E-state index is 13.1. The first-order valence-electron chi connectivity index (χ1n) is 13.8. The molecule has 6 aromatic rings. The van der Waals surface area contributed by atoms with Gasteiger partial charge >= 0.3 is 0 Å². The number of fused-ring (bicyclic) bond motifs is 1. The molecule has 1 aliphatic rings. The van der Waals surface area contributed by atoms with Gasteiger partial charge in [0.1, 0.15) is 12.3 Å². The number of benzene rings is 3. The highest BCUT2D eigenvalue weighted by atomic mass is 35.5. The van der Waals surface area contributed by atoms with Gasteiger partial charge in [-0.05, 0) is 48.5 Å². The van der Waals surface area contributed by atoms with Crippen LogP contribution in [0.3, 0.4) is 0 Å². The minimum atomic E-state index is -0.414. The van der Waals surface area contributed by atoms with Crippen LogP contribution in [-0.4, -0.2) is 50.9 Å². The maximum absolute atomic E-state index is 13.1. The molecule has 0 atom stereocenters. The third kappa shape index (κ3) is 5.86. The fraction of sp³-hybridized carbons (Fsp3) is 0.0938. The van der Waals surface area contributed by atoms with Crippen LogP contribution in [0.4, 0.5) is 23.0 Å². The number of morpholine rings is 1. The summed E-state index contributed by atoms with van der Waals surface area (Å²) in [5, 5.41) is 8.66. The second kappa shape index (κ2) is 12.3. The van der Waals surface area contributed by atoms with E-state index in [2.05, 4.69) is 15.6 Å². The number of carbonyl (C=O) groups is 2. The Hall–Kier alpha value is -4.81. The van der Waals surface area contributed by atoms with Crippen molar-refractivity contribution < 1.29 is 14.3 Å². The van der Waals surface area contributed by atoms with Crippen molar-refractivity contribution in [3.05, 3.63) is 106 Å². The third-order valence-corrected chi connectivity index (χ3v) is 8.53. The molecule has 2 N–H and O–H groups in total. The Balaban J connectivity index is 1.20. The Kier molecular flexibility index (Phi) is 7.90. The number of imidazole rings is 1. The van der Waals surface area contributed by atoms with Gasteiger partial charge in [0.25, 0.3) is 11.8 Å². The number of thiazole rings is 1. The molecular weight excluding hydrogens is 633 g/mol. The zero-order valence-corrected chi connectivity index (χ0v) is 25.7. The summed E-state index contributed by atoms with van der Waals surface area (Å²) in [5.41, 5.74) is 5.14. The van der Waals surface area contributed by atoms with Crippen LogP contribution in [-0.2, 0) is 9.53 Å². The second-order valence-corrected chi connectivity index (χ2v) is 11.7. The summed E-state index contributed by atoms with van der Waals surface area (Å²) >= 11 is 14.0. The van der Waals surface area contributed by atoms with Gasteiger partial charge in [-0.25, -0.2) is 15.0 Å². The van der Waals surface area contributed by atoms with Gasteiger partial charge in [0.05, 0.1) is 33.6 Å². The number of rotatable bonds is 7. The summed E-state index contributed by atoms with van der Waals surface area (Å²) in [5.74, 6) is -0.116. The highest BCUT2D eigenvalue weighted by molar-refractivity contribution is 7.15. The molecular formula is C32H23Cl2N7O3S. The molecule has 4 heterocycles. The van der Waals surface area contributed by atoms with E-state index < -0.39 is 5.91 Å². The number of aromatic nitrogens is 4. The van der Waals surface area contributed by atoms with Crippen LogP contribution in [0.15, 0.2) is 90.6 Å². The lowest BCUT2D eigenvalue weighted by atomic mass is 10.1. The Morgan fingerprint density at radius 1 is 0.956 bits per heavy atom. The predicted octanol–water partition coefficient (Wildman–Crippen LogP) is 7.19. The quantitative estimate of drug-likeness (QED) is 0.187. The first-order valence-corrected chi connectivity index (χ1v) is 15.5. The summed E-state index contributed by atoms with van der Waals surface area (Å²) in [6.07, 6.45) is 3.62. The minimum absolute atomic E-state index is 0.0680. The van der Waals surface area contributed by atoms with Crippen molar-refractivity contribution >= 4 is 74.3 Å². The van der Waals surface area contributed by atoms with Crippen LogP contribution in [0, 0.1) is 0 Å². The van der Waals surface area contributed by atoms with Gasteiger partial charge in [0.2, 0.25) is 5.95 Å². The fourth-order valence-electron chi connectivity index (χ4n) is 5.11. The van der Waals surface area contributed by atoms with Crippen molar-refractivity contribution in [1.82, 2.24) is 19.4 Å². The molecule has 0 saturated carbocycles. The number of ether oxygens (including phenoxy) is 1. The van der Waals surface area contributed by atoms with Crippen molar-refractivity contribution in [2.75, 3.05) is 35.3 Å². The molecule has 0 radical (unpaired) electrons. The van der Waals surface area contributed by atoms with Gasteiger partial charge in [0, 0.05) is 46.9 Å². The molecule has 2 amide bonds. The minimum Gasteiger partial charge on any atom is -0.370 e. The average Bonchev–Trinajstić information content (AvgIpc) is 3.64. The number of anilines is 4. The second-order valence-electron chi connectivity index (χ2n) is 10.0. The van der Waals surface area contributed by atoms with E-state index in [0.717, 1.165) is 27.6 Å². The molecule has 0 unspecified atom stereocenters. The Bertz CT molecular complexity index is 2060. The first kappa shape index (κ1) is 28.9. The number of hydrogen-bond acceptors (Lipinski definition) is 8. The standard InChI is InChI=1S/C32H23Cl2N7O3S/c33-23-8-3-9-24(34)27(23)30(43)36-20-5-1-4-19(16-20)28-29(41-13-15-45-32(41)39-28)25-10-11-35-31(38-25)37-21-6-2-7-22(17-21)40-12-14-44-18-26(40)42/h1-11,13,15-17H,12,14,18H2,(H,36,43)(H,35,37,38). The topological polar surface area (TPSA) is 114 Å². The Morgan fingerprint density at radius 2 is 1.76 bits per heavy atom. The van der Waals surface area contributed by atoms with E-state index in [4.69, 9.17) is 37.9 Å². The zero-order valence-electron chi connectivity index (χ0n) is 23.4. The van der Waals surface area contributed by atoms with Crippen molar-refractivity contribution in [3.8, 4) is 22.6 Å². The lowest BCUT2D eigenvalue weighted by Gasteiger charge is -2.27. The smallest absolute Gasteiger partial charge is 0.258 e. The molecule has 45 heavy (non-hydrogen) atoms. The lowest BCUT2D eigenvalue weighted by Crippen LogP contribution is -2.41. The number of hydrogen-bond donors (Lipinski definition) is 2. The highest BCUT2D eigenvalue weighted by Crippen LogP contribution is 2.35.